The molecule has 1 aromatic heterocycles. The summed E-state index contributed by atoms with van der Waals surface area (Å²) in [5.41, 5.74) is 0.682. The van der Waals surface area contributed by atoms with Crippen LogP contribution in [0.5, 0.6) is 5.75 Å². The van der Waals surface area contributed by atoms with E-state index < -0.39 is 30.2 Å². The third kappa shape index (κ3) is 3.23. The van der Waals surface area contributed by atoms with Gasteiger partial charge in [-0.25, -0.2) is 4.79 Å². The predicted molar refractivity (Wildman–Crippen MR) is 80.2 cm³/mol. The second kappa shape index (κ2) is 6.29. The van der Waals surface area contributed by atoms with E-state index in [-0.39, 0.29) is 13.0 Å². The summed E-state index contributed by atoms with van der Waals surface area (Å²) in [6.45, 7) is 1.52. The summed E-state index contributed by atoms with van der Waals surface area (Å²) in [6, 6.07) is 6.31. The third-order valence-corrected chi connectivity index (χ3v) is 3.88. The highest BCUT2D eigenvalue weighted by Gasteiger charge is 2.38. The number of rotatable bonds is 3. The van der Waals surface area contributed by atoms with Gasteiger partial charge in [-0.05, 0) is 24.6 Å². The van der Waals surface area contributed by atoms with Crippen molar-refractivity contribution in [3.05, 3.63) is 40.2 Å². The van der Waals surface area contributed by atoms with Gasteiger partial charge in [0.1, 0.15) is 17.4 Å². The first-order valence-electron chi connectivity index (χ1n) is 7.31. The molecular formula is C16H18O7. The second-order valence-corrected chi connectivity index (χ2v) is 5.63. The molecule has 3 rings (SSSR count). The lowest BCUT2D eigenvalue weighted by molar-refractivity contribution is -0.240. The minimum atomic E-state index is -1.24. The molecule has 1 fully saturated rings. The van der Waals surface area contributed by atoms with E-state index in [1.54, 1.807) is 19.1 Å². The van der Waals surface area contributed by atoms with E-state index >= 15 is 0 Å². The van der Waals surface area contributed by atoms with Crippen molar-refractivity contribution in [3.63, 3.8) is 0 Å². The van der Waals surface area contributed by atoms with Crippen molar-refractivity contribution in [2.24, 2.45) is 0 Å². The molecule has 2 aromatic rings. The fourth-order valence-corrected chi connectivity index (χ4v) is 2.64. The molecule has 1 aliphatic rings. The molecule has 1 aromatic carbocycles. The molecule has 7 nitrogen and oxygen atoms in total. The maximum atomic E-state index is 11.4. The van der Waals surface area contributed by atoms with Crippen LogP contribution in [0, 0.1) is 6.92 Å². The second-order valence-electron chi connectivity index (χ2n) is 5.63. The van der Waals surface area contributed by atoms with E-state index in [0.717, 1.165) is 10.9 Å². The van der Waals surface area contributed by atoms with Crippen molar-refractivity contribution >= 4 is 11.0 Å². The number of aliphatic hydroxyl groups is 3. The number of aryl methyl sites for hydroxylation is 1. The van der Waals surface area contributed by atoms with Crippen LogP contribution in [0.2, 0.25) is 0 Å². The highest BCUT2D eigenvalue weighted by atomic mass is 16.7. The van der Waals surface area contributed by atoms with Crippen LogP contribution in [-0.4, -0.2) is 46.5 Å². The summed E-state index contributed by atoms with van der Waals surface area (Å²) in [5, 5.41) is 29.7. The molecule has 0 radical (unpaired) electrons. The molecule has 0 spiro atoms. The van der Waals surface area contributed by atoms with Gasteiger partial charge in [0.15, 0.2) is 0 Å². The van der Waals surface area contributed by atoms with Gasteiger partial charge in [-0.2, -0.15) is 0 Å². The number of benzene rings is 1. The average Bonchev–Trinajstić information content (AvgIpc) is 2.51. The maximum Gasteiger partial charge on any atom is 0.336 e. The lowest BCUT2D eigenvalue weighted by Crippen LogP contribution is -2.51. The van der Waals surface area contributed by atoms with Crippen LogP contribution in [0.15, 0.2) is 33.5 Å². The van der Waals surface area contributed by atoms with E-state index in [1.165, 1.54) is 12.1 Å². The summed E-state index contributed by atoms with van der Waals surface area (Å²) >= 11 is 0. The summed E-state index contributed by atoms with van der Waals surface area (Å²) in [7, 11) is 0. The Kier molecular flexibility index (Phi) is 4.36. The first-order chi connectivity index (χ1) is 11.0. The van der Waals surface area contributed by atoms with Gasteiger partial charge in [-0.1, -0.05) is 0 Å². The Morgan fingerprint density at radius 3 is 2.83 bits per heavy atom. The van der Waals surface area contributed by atoms with E-state index in [2.05, 4.69) is 0 Å². The fraction of sp³-hybridized carbons (Fsp3) is 0.438. The normalized spacial score (nSPS) is 28.0. The van der Waals surface area contributed by atoms with E-state index in [9.17, 15) is 15.0 Å². The zero-order valence-electron chi connectivity index (χ0n) is 12.5. The summed E-state index contributed by atoms with van der Waals surface area (Å²) in [5.74, 6) is 0.320. The lowest BCUT2D eigenvalue weighted by Gasteiger charge is -2.36. The molecular weight excluding hydrogens is 304 g/mol. The molecule has 3 N–H and O–H groups in total. The molecule has 1 saturated heterocycles. The summed E-state index contributed by atoms with van der Waals surface area (Å²) in [4.78, 5) is 11.4. The van der Waals surface area contributed by atoms with Gasteiger partial charge in [0.25, 0.3) is 0 Å². The topological polar surface area (TPSA) is 109 Å². The Bertz CT molecular complexity index is 754. The maximum absolute atomic E-state index is 11.4. The summed E-state index contributed by atoms with van der Waals surface area (Å²) in [6.07, 6.45) is -3.89. The zero-order chi connectivity index (χ0) is 16.6. The predicted octanol–water partition coefficient (Wildman–Crippen LogP) is 0.309. The Labute approximate surface area is 131 Å². The molecule has 7 heteroatoms. The largest absolute Gasteiger partial charge is 0.462 e. The molecule has 0 aliphatic carbocycles. The molecule has 124 valence electrons. The van der Waals surface area contributed by atoms with Crippen LogP contribution in [-0.2, 0) is 4.74 Å². The van der Waals surface area contributed by atoms with Crippen molar-refractivity contribution in [1.29, 1.82) is 0 Å². The number of ether oxygens (including phenoxy) is 2. The van der Waals surface area contributed by atoms with Crippen molar-refractivity contribution in [3.8, 4) is 5.75 Å². The van der Waals surface area contributed by atoms with Crippen LogP contribution in [0.1, 0.15) is 12.0 Å². The number of aliphatic hydroxyl groups excluding tert-OH is 3. The molecule has 2 unspecified atom stereocenters. The summed E-state index contributed by atoms with van der Waals surface area (Å²) < 4.78 is 16.1. The smallest absolute Gasteiger partial charge is 0.336 e. The zero-order valence-corrected chi connectivity index (χ0v) is 12.5. The minimum Gasteiger partial charge on any atom is -0.462 e. The molecule has 0 amide bonds. The van der Waals surface area contributed by atoms with Crippen LogP contribution in [0.3, 0.4) is 0 Å². The van der Waals surface area contributed by atoms with Gasteiger partial charge < -0.3 is 29.2 Å². The molecule has 0 saturated carbocycles. The van der Waals surface area contributed by atoms with E-state index in [1.807, 2.05) is 0 Å². The Morgan fingerprint density at radius 2 is 2.09 bits per heavy atom. The number of hydrogen-bond donors (Lipinski definition) is 3. The highest BCUT2D eigenvalue weighted by Crippen LogP contribution is 2.27. The van der Waals surface area contributed by atoms with E-state index in [4.69, 9.17) is 19.0 Å². The minimum absolute atomic E-state index is 0.128. The van der Waals surface area contributed by atoms with Crippen molar-refractivity contribution < 1.29 is 29.2 Å². The Hall–Kier alpha value is -1.93. The van der Waals surface area contributed by atoms with Gasteiger partial charge in [0.05, 0.1) is 18.8 Å². The first kappa shape index (κ1) is 15.9. The fourth-order valence-electron chi connectivity index (χ4n) is 2.64. The average molecular weight is 322 g/mol. The van der Waals surface area contributed by atoms with Crippen molar-refractivity contribution in [2.75, 3.05) is 6.61 Å². The Morgan fingerprint density at radius 1 is 1.30 bits per heavy atom. The monoisotopic (exact) mass is 322 g/mol. The third-order valence-electron chi connectivity index (χ3n) is 3.88. The van der Waals surface area contributed by atoms with Gasteiger partial charge in [0.2, 0.25) is 6.29 Å². The molecule has 23 heavy (non-hydrogen) atoms. The quantitative estimate of drug-likeness (QED) is 0.698. The SMILES string of the molecule is Cc1cc(=O)oc2cc(O[C@@H]3OC(CO)CC(O)[C@H]3O)ccc12. The number of fused-ring (bicyclic) bond motifs is 1. The van der Waals surface area contributed by atoms with Gasteiger partial charge in [-0.15, -0.1) is 0 Å². The standard InChI is InChI=1S/C16H18O7/c1-8-4-14(19)23-13-6-9(2-3-11(8)13)21-16-15(20)12(18)5-10(7-17)22-16/h2-4,6,10,12,15-18,20H,5,7H2,1H3/t10?,12?,15-,16-/m1/s1. The molecule has 2 heterocycles. The molecule has 4 atom stereocenters. The molecule has 1 aliphatic heterocycles. The lowest BCUT2D eigenvalue weighted by atomic mass is 10.0. The highest BCUT2D eigenvalue weighted by molar-refractivity contribution is 5.81. The van der Waals surface area contributed by atoms with Gasteiger partial charge >= 0.3 is 5.63 Å². The van der Waals surface area contributed by atoms with E-state index in [0.29, 0.717) is 11.3 Å². The van der Waals surface area contributed by atoms with Crippen molar-refractivity contribution in [2.45, 2.75) is 37.9 Å². The van der Waals surface area contributed by atoms with Crippen LogP contribution in [0.25, 0.3) is 11.0 Å². The van der Waals surface area contributed by atoms with Gasteiger partial charge in [-0.3, -0.25) is 0 Å². The number of hydrogen-bond acceptors (Lipinski definition) is 7. The first-order valence-corrected chi connectivity index (χ1v) is 7.31. The van der Waals surface area contributed by atoms with Crippen LogP contribution in [0.4, 0.5) is 0 Å². The van der Waals surface area contributed by atoms with Crippen LogP contribution >= 0.6 is 0 Å². The van der Waals surface area contributed by atoms with Gasteiger partial charge in [0, 0.05) is 23.9 Å². The van der Waals surface area contributed by atoms with Crippen molar-refractivity contribution in [1.82, 2.24) is 0 Å². The Balaban J connectivity index is 1.87. The molecule has 0 bridgehead atoms. The van der Waals surface area contributed by atoms with Crippen LogP contribution < -0.4 is 10.4 Å².